The van der Waals surface area contributed by atoms with E-state index in [2.05, 4.69) is 38.8 Å². The van der Waals surface area contributed by atoms with Crippen molar-refractivity contribution in [3.05, 3.63) is 61.5 Å². The van der Waals surface area contributed by atoms with Crippen LogP contribution in [0.2, 0.25) is 0 Å². The van der Waals surface area contributed by atoms with Crippen LogP contribution in [-0.4, -0.2) is 5.97 Å². The number of unbranched alkanes of at least 4 members (excludes halogenated alkanes) is 2. The molecule has 25 heavy (non-hydrogen) atoms. The summed E-state index contributed by atoms with van der Waals surface area (Å²) in [4.78, 5) is 12.4. The molecule has 0 atom stereocenters. The topological polar surface area (TPSA) is 26.3 Å². The van der Waals surface area contributed by atoms with Crippen LogP contribution in [0.3, 0.4) is 0 Å². The number of benzene rings is 2. The van der Waals surface area contributed by atoms with Crippen LogP contribution in [0, 0.1) is 18.6 Å². The highest BCUT2D eigenvalue weighted by Crippen LogP contribution is 2.33. The maximum absolute atomic E-state index is 14.7. The molecule has 2 rings (SSSR count). The first-order valence-corrected chi connectivity index (χ1v) is 9.59. The number of hydrogen-bond acceptors (Lipinski definition) is 2. The molecular weight excluding hydrogens is 458 g/mol. The molecule has 0 radical (unpaired) electrons. The van der Waals surface area contributed by atoms with Gasteiger partial charge in [-0.1, -0.05) is 31.9 Å². The second-order valence-corrected chi connectivity index (χ2v) is 7.46. The average molecular weight is 476 g/mol. The van der Waals surface area contributed by atoms with Gasteiger partial charge >= 0.3 is 5.97 Å². The molecule has 2 aromatic rings. The lowest BCUT2D eigenvalue weighted by Gasteiger charge is -2.12. The van der Waals surface area contributed by atoms with Crippen LogP contribution in [0.15, 0.2) is 33.2 Å². The Hall–Kier alpha value is -1.27. The lowest BCUT2D eigenvalue weighted by molar-refractivity contribution is 0.0720. The number of halogens is 4. The summed E-state index contributed by atoms with van der Waals surface area (Å²) in [7, 11) is 0. The molecule has 134 valence electrons. The highest BCUT2D eigenvalue weighted by molar-refractivity contribution is 9.10. The van der Waals surface area contributed by atoms with E-state index in [1.165, 1.54) is 0 Å². The van der Waals surface area contributed by atoms with Gasteiger partial charge in [-0.2, -0.15) is 0 Å². The van der Waals surface area contributed by atoms with Gasteiger partial charge in [-0.25, -0.2) is 13.6 Å². The number of aryl methyl sites for hydroxylation is 2. The van der Waals surface area contributed by atoms with Gasteiger partial charge in [0.25, 0.3) is 0 Å². The Kier molecular flexibility index (Phi) is 7.14. The monoisotopic (exact) mass is 474 g/mol. The van der Waals surface area contributed by atoms with Gasteiger partial charge < -0.3 is 4.74 Å². The lowest BCUT2D eigenvalue weighted by atomic mass is 10.1. The minimum atomic E-state index is -0.946. The molecule has 0 amide bonds. The van der Waals surface area contributed by atoms with Crippen LogP contribution in [-0.2, 0) is 6.42 Å². The minimum absolute atomic E-state index is 0.216. The molecule has 0 bridgehead atoms. The van der Waals surface area contributed by atoms with Crippen LogP contribution >= 0.6 is 31.9 Å². The summed E-state index contributed by atoms with van der Waals surface area (Å²) in [6, 6.07) is 6.40. The van der Waals surface area contributed by atoms with Crippen molar-refractivity contribution < 1.29 is 18.3 Å². The Labute approximate surface area is 162 Å². The summed E-state index contributed by atoms with van der Waals surface area (Å²) < 4.78 is 34.7. The predicted molar refractivity (Wildman–Crippen MR) is 101 cm³/mol. The molecule has 0 N–H and O–H groups in total. The molecular formula is C19H18Br2F2O2. The Morgan fingerprint density at radius 3 is 2.40 bits per heavy atom. The van der Waals surface area contributed by atoms with Gasteiger partial charge in [0, 0.05) is 4.47 Å². The van der Waals surface area contributed by atoms with Crippen molar-refractivity contribution in [3.63, 3.8) is 0 Å². The summed E-state index contributed by atoms with van der Waals surface area (Å²) in [5.74, 6) is -2.44. The standard InChI is InChI=1S/C19H18Br2F2O2/c1-3-4-5-6-12-8-10-14(21)18(17(12)23)25-19(24)15-13(20)9-7-11(2)16(15)22/h7-10H,3-6H2,1-2H3. The fraction of sp³-hybridized carbons (Fsp3) is 0.316. The van der Waals surface area contributed by atoms with Gasteiger partial charge in [0.05, 0.1) is 4.47 Å². The van der Waals surface area contributed by atoms with Gasteiger partial charge in [0.2, 0.25) is 0 Å². The molecule has 0 unspecified atom stereocenters. The largest absolute Gasteiger partial charge is 0.418 e. The molecule has 0 spiro atoms. The number of hydrogen-bond donors (Lipinski definition) is 0. The summed E-state index contributed by atoms with van der Waals surface area (Å²) in [6.07, 6.45) is 3.42. The molecule has 0 aromatic heterocycles. The molecule has 0 aliphatic rings. The molecule has 0 aliphatic heterocycles. The maximum atomic E-state index is 14.7. The SMILES string of the molecule is CCCCCc1ccc(Br)c(OC(=O)c2c(Br)ccc(C)c2F)c1F. The Morgan fingerprint density at radius 1 is 1.04 bits per heavy atom. The van der Waals surface area contributed by atoms with Gasteiger partial charge in [0.1, 0.15) is 11.4 Å². The number of carbonyl (C=O) groups is 1. The summed E-state index contributed by atoms with van der Waals surface area (Å²) >= 11 is 6.34. The van der Waals surface area contributed by atoms with Crippen LogP contribution < -0.4 is 4.74 Å². The Balaban J connectivity index is 2.32. The van der Waals surface area contributed by atoms with Gasteiger partial charge in [-0.15, -0.1) is 0 Å². The van der Waals surface area contributed by atoms with Crippen molar-refractivity contribution in [1.29, 1.82) is 0 Å². The first kappa shape index (κ1) is 20.0. The zero-order valence-electron chi connectivity index (χ0n) is 14.0. The Morgan fingerprint density at radius 2 is 1.72 bits per heavy atom. The van der Waals surface area contributed by atoms with Crippen molar-refractivity contribution in [2.24, 2.45) is 0 Å². The summed E-state index contributed by atoms with van der Waals surface area (Å²) in [5, 5.41) is 0. The van der Waals surface area contributed by atoms with Crippen molar-refractivity contribution in [2.45, 2.75) is 39.5 Å². The Bertz CT molecular complexity index is 791. The molecule has 2 aromatic carbocycles. The lowest BCUT2D eigenvalue weighted by Crippen LogP contribution is -2.14. The molecule has 0 saturated heterocycles. The predicted octanol–water partition coefficient (Wildman–Crippen LogP) is 6.75. The van der Waals surface area contributed by atoms with Crippen LogP contribution in [0.25, 0.3) is 0 Å². The normalized spacial score (nSPS) is 10.8. The highest BCUT2D eigenvalue weighted by Gasteiger charge is 2.23. The number of ether oxygens (including phenoxy) is 1. The summed E-state index contributed by atoms with van der Waals surface area (Å²) in [5.41, 5.74) is 0.536. The van der Waals surface area contributed by atoms with Crippen LogP contribution in [0.4, 0.5) is 8.78 Å². The van der Waals surface area contributed by atoms with E-state index in [1.807, 2.05) is 0 Å². The zero-order chi connectivity index (χ0) is 18.6. The van der Waals surface area contributed by atoms with Gasteiger partial charge in [-0.3, -0.25) is 0 Å². The van der Waals surface area contributed by atoms with E-state index in [1.54, 1.807) is 31.2 Å². The second kappa shape index (κ2) is 8.90. The van der Waals surface area contributed by atoms with E-state index in [0.717, 1.165) is 19.3 Å². The van der Waals surface area contributed by atoms with E-state index in [-0.39, 0.29) is 15.8 Å². The van der Waals surface area contributed by atoms with Crippen LogP contribution in [0.5, 0.6) is 5.75 Å². The van der Waals surface area contributed by atoms with Crippen molar-refractivity contribution >= 4 is 37.8 Å². The zero-order valence-corrected chi connectivity index (χ0v) is 17.1. The molecule has 0 aliphatic carbocycles. The third kappa shape index (κ3) is 4.67. The molecule has 0 fully saturated rings. The minimum Gasteiger partial charge on any atom is -0.418 e. The smallest absolute Gasteiger partial charge is 0.347 e. The van der Waals surface area contributed by atoms with E-state index in [4.69, 9.17) is 4.74 Å². The maximum Gasteiger partial charge on any atom is 0.347 e. The fourth-order valence-electron chi connectivity index (χ4n) is 2.41. The quantitative estimate of drug-likeness (QED) is 0.262. The summed E-state index contributed by atoms with van der Waals surface area (Å²) in [6.45, 7) is 3.61. The van der Waals surface area contributed by atoms with E-state index < -0.39 is 17.6 Å². The fourth-order valence-corrected chi connectivity index (χ4v) is 3.27. The number of esters is 1. The molecule has 2 nitrogen and oxygen atoms in total. The van der Waals surface area contributed by atoms with E-state index >= 15 is 0 Å². The number of carbonyl (C=O) groups excluding carboxylic acids is 1. The van der Waals surface area contributed by atoms with Gasteiger partial charge in [0.15, 0.2) is 11.6 Å². The molecule has 6 heteroatoms. The van der Waals surface area contributed by atoms with Crippen molar-refractivity contribution in [1.82, 2.24) is 0 Å². The number of rotatable bonds is 6. The third-order valence-corrected chi connectivity index (χ3v) is 5.15. The van der Waals surface area contributed by atoms with Gasteiger partial charge in [-0.05, 0) is 74.9 Å². The second-order valence-electron chi connectivity index (χ2n) is 5.75. The van der Waals surface area contributed by atoms with Crippen molar-refractivity contribution in [3.8, 4) is 5.75 Å². The average Bonchev–Trinajstić information content (AvgIpc) is 2.57. The van der Waals surface area contributed by atoms with Crippen LogP contribution in [0.1, 0.15) is 47.7 Å². The first-order valence-electron chi connectivity index (χ1n) is 8.00. The molecule has 0 saturated carbocycles. The van der Waals surface area contributed by atoms with Crippen molar-refractivity contribution in [2.75, 3.05) is 0 Å². The van der Waals surface area contributed by atoms with E-state index in [0.29, 0.717) is 22.0 Å². The van der Waals surface area contributed by atoms with E-state index in [9.17, 15) is 13.6 Å². The molecule has 0 heterocycles. The third-order valence-electron chi connectivity index (χ3n) is 3.86. The highest BCUT2D eigenvalue weighted by atomic mass is 79.9. The first-order chi connectivity index (χ1) is 11.9.